The third-order valence-electron chi connectivity index (χ3n) is 3.62. The van der Waals surface area contributed by atoms with Gasteiger partial charge in [0.15, 0.2) is 0 Å². The molecule has 1 aliphatic rings. The third kappa shape index (κ3) is 2.56. The predicted molar refractivity (Wildman–Crippen MR) is 67.8 cm³/mol. The summed E-state index contributed by atoms with van der Waals surface area (Å²) in [5.41, 5.74) is 2.60. The first-order chi connectivity index (χ1) is 7.66. The van der Waals surface area contributed by atoms with E-state index in [1.54, 1.807) is 0 Å². The molecule has 2 nitrogen and oxygen atoms in total. The van der Waals surface area contributed by atoms with Crippen molar-refractivity contribution in [2.75, 3.05) is 11.9 Å². The Morgan fingerprint density at radius 1 is 1.19 bits per heavy atom. The van der Waals surface area contributed by atoms with Gasteiger partial charge in [0.1, 0.15) is 0 Å². The molecule has 1 aromatic carbocycles. The van der Waals surface area contributed by atoms with Crippen LogP contribution in [0.15, 0.2) is 24.3 Å². The number of hydrogen-bond donors (Lipinski definition) is 1. The summed E-state index contributed by atoms with van der Waals surface area (Å²) >= 11 is 0. The smallest absolute Gasteiger partial charge is 0.0541 e. The first-order valence-corrected chi connectivity index (χ1v) is 6.14. The summed E-state index contributed by atoms with van der Waals surface area (Å²) in [4.78, 5) is 2.36. The van der Waals surface area contributed by atoms with Crippen LogP contribution in [-0.2, 0) is 0 Å². The van der Waals surface area contributed by atoms with Gasteiger partial charge in [-0.15, -0.1) is 0 Å². The van der Waals surface area contributed by atoms with E-state index in [2.05, 4.69) is 43.1 Å². The fraction of sp³-hybridized carbons (Fsp3) is 0.571. The Hall–Kier alpha value is -1.02. The van der Waals surface area contributed by atoms with Gasteiger partial charge in [0.05, 0.1) is 6.10 Å². The molecule has 16 heavy (non-hydrogen) atoms. The summed E-state index contributed by atoms with van der Waals surface area (Å²) in [5, 5.41) is 9.50. The number of rotatable bonds is 2. The van der Waals surface area contributed by atoms with Crippen molar-refractivity contribution < 1.29 is 5.11 Å². The second-order valence-corrected chi connectivity index (χ2v) is 4.91. The molecule has 0 spiro atoms. The van der Waals surface area contributed by atoms with Crippen LogP contribution in [0.1, 0.15) is 31.2 Å². The molecule has 2 rings (SSSR count). The summed E-state index contributed by atoms with van der Waals surface area (Å²) in [5.74, 6) is 0. The Kier molecular flexibility index (Phi) is 3.49. The van der Waals surface area contributed by atoms with E-state index in [1.165, 1.54) is 11.3 Å². The number of anilines is 1. The van der Waals surface area contributed by atoms with Crippen molar-refractivity contribution in [3.05, 3.63) is 29.8 Å². The lowest BCUT2D eigenvalue weighted by molar-refractivity contribution is 0.122. The molecule has 1 aromatic rings. The molecular formula is C14H21NO. The molecule has 0 radical (unpaired) electrons. The van der Waals surface area contributed by atoms with E-state index in [4.69, 9.17) is 0 Å². The molecule has 0 amide bonds. The minimum Gasteiger partial charge on any atom is -0.393 e. The average molecular weight is 219 g/mol. The molecule has 0 unspecified atom stereocenters. The number of hydrogen-bond acceptors (Lipinski definition) is 2. The summed E-state index contributed by atoms with van der Waals surface area (Å²) < 4.78 is 0. The lowest BCUT2D eigenvalue weighted by Gasteiger charge is -2.34. The van der Waals surface area contributed by atoms with E-state index in [-0.39, 0.29) is 6.10 Å². The van der Waals surface area contributed by atoms with Gasteiger partial charge in [-0.2, -0.15) is 0 Å². The zero-order valence-electron chi connectivity index (χ0n) is 10.2. The molecule has 1 saturated carbocycles. The highest BCUT2D eigenvalue weighted by molar-refractivity contribution is 5.48. The minimum atomic E-state index is -0.0674. The lowest BCUT2D eigenvalue weighted by Crippen LogP contribution is -2.36. The van der Waals surface area contributed by atoms with Crippen LogP contribution in [0.2, 0.25) is 0 Å². The molecule has 0 bridgehead atoms. The van der Waals surface area contributed by atoms with Gasteiger partial charge < -0.3 is 10.0 Å². The van der Waals surface area contributed by atoms with Crippen LogP contribution in [0, 0.1) is 6.92 Å². The molecule has 1 aliphatic carbocycles. The fourth-order valence-corrected chi connectivity index (χ4v) is 2.50. The van der Waals surface area contributed by atoms with Gasteiger partial charge in [-0.25, -0.2) is 0 Å². The topological polar surface area (TPSA) is 23.5 Å². The van der Waals surface area contributed by atoms with Crippen LogP contribution < -0.4 is 4.90 Å². The standard InChI is InChI=1S/C14H21NO/c1-11-4-3-5-13(10-11)15(2)12-6-8-14(16)9-7-12/h3-5,10,12,14,16H,6-9H2,1-2H3. The summed E-state index contributed by atoms with van der Waals surface area (Å²) in [7, 11) is 2.16. The molecule has 0 atom stereocenters. The Bertz CT molecular complexity index is 342. The molecule has 0 heterocycles. The highest BCUT2D eigenvalue weighted by Crippen LogP contribution is 2.26. The Labute approximate surface area is 97.9 Å². The maximum Gasteiger partial charge on any atom is 0.0541 e. The zero-order valence-corrected chi connectivity index (χ0v) is 10.2. The maximum absolute atomic E-state index is 9.50. The van der Waals surface area contributed by atoms with Gasteiger partial charge in [0.2, 0.25) is 0 Å². The molecule has 2 heteroatoms. The molecule has 1 fully saturated rings. The van der Waals surface area contributed by atoms with Crippen molar-refractivity contribution in [2.45, 2.75) is 44.8 Å². The molecule has 0 aromatic heterocycles. The molecule has 1 N–H and O–H groups in total. The van der Waals surface area contributed by atoms with Gasteiger partial charge in [-0.1, -0.05) is 12.1 Å². The van der Waals surface area contributed by atoms with Crippen LogP contribution in [0.5, 0.6) is 0 Å². The number of aliphatic hydroxyl groups excluding tert-OH is 1. The fourth-order valence-electron chi connectivity index (χ4n) is 2.50. The van der Waals surface area contributed by atoms with Gasteiger partial charge >= 0.3 is 0 Å². The van der Waals surface area contributed by atoms with E-state index in [9.17, 15) is 5.11 Å². The minimum absolute atomic E-state index is 0.0674. The van der Waals surface area contributed by atoms with E-state index in [0.29, 0.717) is 6.04 Å². The molecule has 88 valence electrons. The quantitative estimate of drug-likeness (QED) is 0.826. The number of nitrogens with zero attached hydrogens (tertiary/aromatic N) is 1. The second-order valence-electron chi connectivity index (χ2n) is 4.91. The van der Waals surface area contributed by atoms with Crippen LogP contribution in [0.3, 0.4) is 0 Å². The van der Waals surface area contributed by atoms with Gasteiger partial charge in [-0.05, 0) is 50.3 Å². The van der Waals surface area contributed by atoms with Gasteiger partial charge in [0, 0.05) is 18.8 Å². The molecule has 0 aliphatic heterocycles. The van der Waals surface area contributed by atoms with E-state index in [1.807, 2.05) is 0 Å². The Morgan fingerprint density at radius 2 is 1.88 bits per heavy atom. The predicted octanol–water partition coefficient (Wildman–Crippen LogP) is 2.73. The number of benzene rings is 1. The SMILES string of the molecule is Cc1cccc(N(C)C2CCC(O)CC2)c1. The summed E-state index contributed by atoms with van der Waals surface area (Å²) in [6.07, 6.45) is 4.03. The zero-order chi connectivity index (χ0) is 11.5. The van der Waals surface area contributed by atoms with Crippen molar-refractivity contribution in [1.29, 1.82) is 0 Å². The van der Waals surface area contributed by atoms with Crippen LogP contribution in [0.25, 0.3) is 0 Å². The first kappa shape index (κ1) is 11.5. The normalized spacial score (nSPS) is 25.4. The Balaban J connectivity index is 2.04. The highest BCUT2D eigenvalue weighted by Gasteiger charge is 2.22. The first-order valence-electron chi connectivity index (χ1n) is 6.14. The van der Waals surface area contributed by atoms with Gasteiger partial charge in [0.25, 0.3) is 0 Å². The largest absolute Gasteiger partial charge is 0.393 e. The monoisotopic (exact) mass is 219 g/mol. The van der Waals surface area contributed by atoms with Crippen LogP contribution >= 0.6 is 0 Å². The van der Waals surface area contributed by atoms with Crippen LogP contribution in [0.4, 0.5) is 5.69 Å². The molecule has 0 saturated heterocycles. The number of aryl methyl sites for hydroxylation is 1. The van der Waals surface area contributed by atoms with Crippen molar-refractivity contribution in [2.24, 2.45) is 0 Å². The molecular weight excluding hydrogens is 198 g/mol. The second kappa shape index (κ2) is 4.88. The van der Waals surface area contributed by atoms with E-state index in [0.717, 1.165) is 25.7 Å². The van der Waals surface area contributed by atoms with Crippen molar-refractivity contribution in [3.8, 4) is 0 Å². The van der Waals surface area contributed by atoms with Crippen molar-refractivity contribution in [1.82, 2.24) is 0 Å². The number of aliphatic hydroxyl groups is 1. The Morgan fingerprint density at radius 3 is 2.50 bits per heavy atom. The third-order valence-corrected chi connectivity index (χ3v) is 3.62. The van der Waals surface area contributed by atoms with E-state index < -0.39 is 0 Å². The van der Waals surface area contributed by atoms with Crippen LogP contribution in [-0.4, -0.2) is 24.3 Å². The van der Waals surface area contributed by atoms with E-state index >= 15 is 0 Å². The summed E-state index contributed by atoms with van der Waals surface area (Å²) in [6, 6.07) is 9.22. The highest BCUT2D eigenvalue weighted by atomic mass is 16.3. The van der Waals surface area contributed by atoms with Crippen molar-refractivity contribution >= 4 is 5.69 Å². The maximum atomic E-state index is 9.50. The summed E-state index contributed by atoms with van der Waals surface area (Å²) in [6.45, 7) is 2.13. The lowest BCUT2D eigenvalue weighted by atomic mass is 9.92. The van der Waals surface area contributed by atoms with Gasteiger partial charge in [-0.3, -0.25) is 0 Å². The average Bonchev–Trinajstić information content (AvgIpc) is 2.29. The van der Waals surface area contributed by atoms with Crippen molar-refractivity contribution in [3.63, 3.8) is 0 Å².